The molecule has 23 heavy (non-hydrogen) atoms. The van der Waals surface area contributed by atoms with Gasteiger partial charge < -0.3 is 20.9 Å². The van der Waals surface area contributed by atoms with E-state index in [1.807, 2.05) is 6.07 Å². The predicted octanol–water partition coefficient (Wildman–Crippen LogP) is 1.90. The van der Waals surface area contributed by atoms with E-state index in [0.717, 1.165) is 25.2 Å². The summed E-state index contributed by atoms with van der Waals surface area (Å²) in [5.41, 5.74) is 2.07. The molecule has 126 valence electrons. The third kappa shape index (κ3) is 5.25. The van der Waals surface area contributed by atoms with Crippen LogP contribution in [0.4, 0.5) is 11.4 Å². The van der Waals surface area contributed by atoms with Crippen LogP contribution in [0.2, 0.25) is 0 Å². The van der Waals surface area contributed by atoms with E-state index in [2.05, 4.69) is 34.8 Å². The van der Waals surface area contributed by atoms with E-state index in [0.29, 0.717) is 17.8 Å². The fourth-order valence-electron chi connectivity index (χ4n) is 2.51. The van der Waals surface area contributed by atoms with Crippen LogP contribution < -0.4 is 16.0 Å². The van der Waals surface area contributed by atoms with Crippen molar-refractivity contribution in [3.8, 4) is 0 Å². The number of anilines is 2. The van der Waals surface area contributed by atoms with Gasteiger partial charge in [0.25, 0.3) is 5.91 Å². The molecule has 1 aliphatic heterocycles. The number of fused-ring (bicyclic) bond motifs is 1. The van der Waals surface area contributed by atoms with Gasteiger partial charge in [0, 0.05) is 12.1 Å². The molecule has 6 heteroatoms. The average Bonchev–Trinajstić information content (AvgIpc) is 2.55. The minimum Gasteiger partial charge on any atom is -0.374 e. The van der Waals surface area contributed by atoms with Crippen molar-refractivity contribution in [2.45, 2.75) is 26.2 Å². The van der Waals surface area contributed by atoms with E-state index in [-0.39, 0.29) is 18.4 Å². The van der Waals surface area contributed by atoms with Crippen LogP contribution in [0.1, 0.15) is 36.5 Å². The molecule has 0 saturated heterocycles. The lowest BCUT2D eigenvalue weighted by molar-refractivity contribution is -0.114. The molecule has 1 aliphatic rings. The van der Waals surface area contributed by atoms with Gasteiger partial charge in [0.1, 0.15) is 0 Å². The van der Waals surface area contributed by atoms with Gasteiger partial charge in [-0.25, -0.2) is 0 Å². The minimum atomic E-state index is -0.108. The Labute approximate surface area is 137 Å². The monoisotopic (exact) mass is 318 g/mol. The highest BCUT2D eigenvalue weighted by atomic mass is 16.2. The van der Waals surface area contributed by atoms with Crippen molar-refractivity contribution >= 4 is 23.2 Å². The molecule has 0 unspecified atom stereocenters. The number of hydrogen-bond donors (Lipinski definition) is 3. The van der Waals surface area contributed by atoms with Gasteiger partial charge in [-0.3, -0.25) is 9.59 Å². The third-order valence-corrected chi connectivity index (χ3v) is 3.89. The van der Waals surface area contributed by atoms with Crippen LogP contribution in [0.3, 0.4) is 0 Å². The first-order valence-corrected chi connectivity index (χ1v) is 8.24. The zero-order valence-corrected chi connectivity index (χ0v) is 13.9. The molecule has 1 heterocycles. The van der Waals surface area contributed by atoms with Gasteiger partial charge in [-0.2, -0.15) is 0 Å². The number of amides is 2. The molecular weight excluding hydrogens is 292 g/mol. The first-order valence-electron chi connectivity index (χ1n) is 8.24. The highest BCUT2D eigenvalue weighted by Crippen LogP contribution is 2.25. The maximum absolute atomic E-state index is 12.2. The Morgan fingerprint density at radius 1 is 1.26 bits per heavy atom. The number of carbonyl (C=O) groups excluding carboxylic acids is 2. The lowest BCUT2D eigenvalue weighted by Crippen LogP contribution is -2.30. The second-order valence-electron chi connectivity index (χ2n) is 5.93. The zero-order valence-electron chi connectivity index (χ0n) is 13.9. The summed E-state index contributed by atoms with van der Waals surface area (Å²) in [4.78, 5) is 25.8. The molecular formula is C17H26N4O2. The van der Waals surface area contributed by atoms with Crippen molar-refractivity contribution in [1.29, 1.82) is 0 Å². The third-order valence-electron chi connectivity index (χ3n) is 3.89. The molecule has 0 aromatic heterocycles. The topological polar surface area (TPSA) is 73.5 Å². The Hall–Kier alpha value is -2.08. The van der Waals surface area contributed by atoms with Crippen molar-refractivity contribution in [1.82, 2.24) is 10.2 Å². The number of unbranched alkanes of at least 4 members (excludes halogenated alkanes) is 1. The number of rotatable bonds is 8. The van der Waals surface area contributed by atoms with Gasteiger partial charge >= 0.3 is 0 Å². The molecule has 0 radical (unpaired) electrons. The molecule has 2 amide bonds. The molecule has 0 saturated carbocycles. The van der Waals surface area contributed by atoms with Gasteiger partial charge in [0.2, 0.25) is 5.91 Å². The summed E-state index contributed by atoms with van der Waals surface area (Å²) < 4.78 is 0. The van der Waals surface area contributed by atoms with Crippen LogP contribution in [0.5, 0.6) is 0 Å². The quantitative estimate of drug-likeness (QED) is 0.640. The van der Waals surface area contributed by atoms with E-state index < -0.39 is 0 Å². The summed E-state index contributed by atoms with van der Waals surface area (Å²) in [5.74, 6) is -0.200. The van der Waals surface area contributed by atoms with Crippen molar-refractivity contribution in [3.05, 3.63) is 23.8 Å². The van der Waals surface area contributed by atoms with E-state index in [1.54, 1.807) is 12.1 Å². The van der Waals surface area contributed by atoms with Gasteiger partial charge in [-0.1, -0.05) is 13.3 Å². The second kappa shape index (κ2) is 8.53. The first-order chi connectivity index (χ1) is 11.1. The Kier molecular flexibility index (Phi) is 6.40. The summed E-state index contributed by atoms with van der Waals surface area (Å²) in [6.07, 6.45) is 3.33. The van der Waals surface area contributed by atoms with Gasteiger partial charge in [-0.15, -0.1) is 0 Å². The minimum absolute atomic E-state index is 0.0924. The van der Waals surface area contributed by atoms with Crippen LogP contribution in [0, 0.1) is 0 Å². The highest BCUT2D eigenvalue weighted by molar-refractivity contribution is 6.03. The predicted molar refractivity (Wildman–Crippen MR) is 92.9 cm³/mol. The molecule has 0 bridgehead atoms. The van der Waals surface area contributed by atoms with Crippen molar-refractivity contribution in [2.24, 2.45) is 0 Å². The SMILES string of the molecule is CCCCN(C)CCCNC(=O)c1ccc2c(c1)NC(=O)CN2. The fourth-order valence-corrected chi connectivity index (χ4v) is 2.51. The number of nitrogens with one attached hydrogen (secondary N) is 3. The maximum atomic E-state index is 12.2. The van der Waals surface area contributed by atoms with Crippen molar-refractivity contribution < 1.29 is 9.59 Å². The molecule has 6 nitrogen and oxygen atoms in total. The molecule has 1 aromatic rings. The summed E-state index contributed by atoms with van der Waals surface area (Å²) in [6.45, 7) is 5.18. The Morgan fingerprint density at radius 2 is 2.04 bits per heavy atom. The Morgan fingerprint density at radius 3 is 2.83 bits per heavy atom. The Balaban J connectivity index is 1.78. The summed E-state index contributed by atoms with van der Waals surface area (Å²) in [7, 11) is 2.11. The van der Waals surface area contributed by atoms with Crippen LogP contribution in [-0.4, -0.2) is 49.9 Å². The smallest absolute Gasteiger partial charge is 0.251 e. The van der Waals surface area contributed by atoms with Crippen LogP contribution in [-0.2, 0) is 4.79 Å². The van der Waals surface area contributed by atoms with Gasteiger partial charge in [0.05, 0.1) is 17.9 Å². The maximum Gasteiger partial charge on any atom is 0.251 e. The summed E-state index contributed by atoms with van der Waals surface area (Å²) in [5, 5.41) is 8.71. The second-order valence-corrected chi connectivity index (χ2v) is 5.93. The van der Waals surface area contributed by atoms with Gasteiger partial charge in [0.15, 0.2) is 0 Å². The number of carbonyl (C=O) groups is 2. The zero-order chi connectivity index (χ0) is 16.7. The average molecular weight is 318 g/mol. The normalized spacial score (nSPS) is 13.3. The highest BCUT2D eigenvalue weighted by Gasteiger charge is 2.15. The number of benzene rings is 1. The van der Waals surface area contributed by atoms with E-state index >= 15 is 0 Å². The van der Waals surface area contributed by atoms with Crippen LogP contribution >= 0.6 is 0 Å². The van der Waals surface area contributed by atoms with Crippen molar-refractivity contribution in [3.63, 3.8) is 0 Å². The van der Waals surface area contributed by atoms with Gasteiger partial charge in [-0.05, 0) is 51.2 Å². The number of hydrogen-bond acceptors (Lipinski definition) is 4. The molecule has 0 fully saturated rings. The molecule has 3 N–H and O–H groups in total. The number of nitrogens with zero attached hydrogens (tertiary/aromatic N) is 1. The largest absolute Gasteiger partial charge is 0.374 e. The summed E-state index contributed by atoms with van der Waals surface area (Å²) >= 11 is 0. The molecule has 0 spiro atoms. The lowest BCUT2D eigenvalue weighted by Gasteiger charge is -2.19. The van der Waals surface area contributed by atoms with E-state index in [4.69, 9.17) is 0 Å². The fraction of sp³-hybridized carbons (Fsp3) is 0.529. The molecule has 0 atom stereocenters. The molecule has 1 aromatic carbocycles. The van der Waals surface area contributed by atoms with Crippen LogP contribution in [0.25, 0.3) is 0 Å². The van der Waals surface area contributed by atoms with E-state index in [9.17, 15) is 9.59 Å². The molecule has 0 aliphatic carbocycles. The van der Waals surface area contributed by atoms with Crippen LogP contribution in [0.15, 0.2) is 18.2 Å². The first kappa shape index (κ1) is 17.3. The van der Waals surface area contributed by atoms with E-state index in [1.165, 1.54) is 12.8 Å². The Bertz CT molecular complexity index is 560. The standard InChI is InChI=1S/C17H26N4O2/c1-3-4-9-21(2)10-5-8-18-17(23)13-6-7-14-15(11-13)20-16(22)12-19-14/h6-7,11,19H,3-5,8-10,12H2,1-2H3,(H,18,23)(H,20,22). The van der Waals surface area contributed by atoms with Crippen molar-refractivity contribution in [2.75, 3.05) is 43.9 Å². The summed E-state index contributed by atoms with van der Waals surface area (Å²) in [6, 6.07) is 5.30. The lowest BCUT2D eigenvalue weighted by atomic mass is 10.1. The molecule has 2 rings (SSSR count).